The van der Waals surface area contributed by atoms with Crippen LogP contribution >= 0.6 is 0 Å². The van der Waals surface area contributed by atoms with Gasteiger partial charge in [-0.2, -0.15) is 0 Å². The lowest BCUT2D eigenvalue weighted by molar-refractivity contribution is -0.0521. The molecule has 0 aliphatic heterocycles. The molecule has 2 aromatic rings. The molecular formula is C23H26. The molecule has 6 rings (SSSR count). The lowest BCUT2D eigenvalue weighted by Gasteiger charge is -2.57. The first-order valence-corrected chi connectivity index (χ1v) is 9.42. The quantitative estimate of drug-likeness (QED) is 0.641. The third-order valence-electron chi connectivity index (χ3n) is 6.81. The van der Waals surface area contributed by atoms with E-state index in [4.69, 9.17) is 0 Å². The maximum atomic E-state index is 2.39. The van der Waals surface area contributed by atoms with Gasteiger partial charge in [0.15, 0.2) is 0 Å². The van der Waals surface area contributed by atoms with E-state index >= 15 is 0 Å². The van der Waals surface area contributed by atoms with Gasteiger partial charge in [0.05, 0.1) is 0 Å². The van der Waals surface area contributed by atoms with Crippen molar-refractivity contribution in [2.24, 2.45) is 23.2 Å². The molecule has 0 radical (unpaired) electrons. The number of rotatable bonds is 3. The van der Waals surface area contributed by atoms with E-state index in [1.54, 1.807) is 24.8 Å². The second-order valence-corrected chi connectivity index (χ2v) is 8.66. The minimum absolute atomic E-state index is 0.656. The molecule has 118 valence electrons. The first-order valence-electron chi connectivity index (χ1n) is 9.42. The number of benzene rings is 2. The van der Waals surface area contributed by atoms with Crippen molar-refractivity contribution in [3.8, 4) is 11.1 Å². The van der Waals surface area contributed by atoms with Crippen molar-refractivity contribution in [2.75, 3.05) is 0 Å². The van der Waals surface area contributed by atoms with E-state index in [1.165, 1.54) is 36.8 Å². The van der Waals surface area contributed by atoms with Crippen LogP contribution in [0.3, 0.4) is 0 Å². The van der Waals surface area contributed by atoms with Crippen LogP contribution in [0.15, 0.2) is 54.6 Å². The van der Waals surface area contributed by atoms with Crippen molar-refractivity contribution >= 4 is 0 Å². The maximum Gasteiger partial charge on any atom is -0.0184 e. The zero-order valence-electron chi connectivity index (χ0n) is 13.9. The molecule has 0 spiro atoms. The van der Waals surface area contributed by atoms with Gasteiger partial charge >= 0.3 is 0 Å². The minimum Gasteiger partial charge on any atom is -0.0622 e. The summed E-state index contributed by atoms with van der Waals surface area (Å²) >= 11 is 0. The van der Waals surface area contributed by atoms with Gasteiger partial charge in [0.2, 0.25) is 0 Å². The third-order valence-corrected chi connectivity index (χ3v) is 6.81. The van der Waals surface area contributed by atoms with E-state index in [0.29, 0.717) is 5.41 Å². The molecule has 4 saturated carbocycles. The molecule has 0 atom stereocenters. The fourth-order valence-corrected chi connectivity index (χ4v) is 6.39. The molecule has 0 N–H and O–H groups in total. The van der Waals surface area contributed by atoms with Crippen LogP contribution in [-0.4, -0.2) is 0 Å². The second kappa shape index (κ2) is 5.23. The van der Waals surface area contributed by atoms with Gasteiger partial charge in [0, 0.05) is 0 Å². The number of hydrogen-bond donors (Lipinski definition) is 0. The molecule has 0 saturated heterocycles. The zero-order chi connectivity index (χ0) is 15.3. The van der Waals surface area contributed by atoms with Crippen LogP contribution in [0.4, 0.5) is 0 Å². The fourth-order valence-electron chi connectivity index (χ4n) is 6.39. The monoisotopic (exact) mass is 302 g/mol. The SMILES string of the molecule is c1ccc(-c2ccc(CC34CC5CC(CC(C5)C3)C4)cc2)cc1. The third kappa shape index (κ3) is 2.53. The summed E-state index contributed by atoms with van der Waals surface area (Å²) in [4.78, 5) is 0. The van der Waals surface area contributed by atoms with Crippen molar-refractivity contribution in [3.05, 3.63) is 60.2 Å². The molecule has 4 bridgehead atoms. The Kier molecular flexibility index (Phi) is 3.15. The van der Waals surface area contributed by atoms with Crippen molar-refractivity contribution in [2.45, 2.75) is 44.9 Å². The van der Waals surface area contributed by atoms with Gasteiger partial charge in [-0.05, 0) is 84.8 Å². The highest BCUT2D eigenvalue weighted by molar-refractivity contribution is 5.63. The lowest BCUT2D eigenvalue weighted by Crippen LogP contribution is -2.47. The first-order chi connectivity index (χ1) is 11.3. The smallest absolute Gasteiger partial charge is 0.0184 e. The minimum atomic E-state index is 0.656. The van der Waals surface area contributed by atoms with E-state index in [0.717, 1.165) is 17.8 Å². The van der Waals surface area contributed by atoms with Crippen molar-refractivity contribution in [1.29, 1.82) is 0 Å². The molecule has 23 heavy (non-hydrogen) atoms. The average Bonchev–Trinajstić information content (AvgIpc) is 2.55. The Labute approximate surface area is 139 Å². The zero-order valence-corrected chi connectivity index (χ0v) is 13.9. The van der Waals surface area contributed by atoms with E-state index in [9.17, 15) is 0 Å². The lowest BCUT2D eigenvalue weighted by atomic mass is 9.48. The Morgan fingerprint density at radius 1 is 0.652 bits per heavy atom. The predicted octanol–water partition coefficient (Wildman–Crippen LogP) is 6.11. The summed E-state index contributed by atoms with van der Waals surface area (Å²) in [5.41, 5.74) is 4.89. The summed E-state index contributed by atoms with van der Waals surface area (Å²) in [5.74, 6) is 3.18. The number of hydrogen-bond acceptors (Lipinski definition) is 0. The Morgan fingerprint density at radius 3 is 1.74 bits per heavy atom. The standard InChI is InChI=1S/C23H26/c1-2-4-21(5-3-1)22-8-6-17(7-9-22)13-23-14-18-10-19(15-23)12-20(11-18)16-23/h1-9,18-20H,10-16H2. The summed E-state index contributed by atoms with van der Waals surface area (Å²) in [6, 6.07) is 20.2. The summed E-state index contributed by atoms with van der Waals surface area (Å²) in [6.45, 7) is 0. The highest BCUT2D eigenvalue weighted by Crippen LogP contribution is 2.61. The van der Waals surface area contributed by atoms with Gasteiger partial charge in [0.25, 0.3) is 0 Å². The molecule has 4 aliphatic rings. The Bertz CT molecular complexity index is 644. The summed E-state index contributed by atoms with van der Waals surface area (Å²) in [6.07, 6.45) is 10.5. The van der Waals surface area contributed by atoms with Crippen LogP contribution in [0.5, 0.6) is 0 Å². The topological polar surface area (TPSA) is 0 Å². The molecule has 0 nitrogen and oxygen atoms in total. The molecule has 0 aromatic heterocycles. The van der Waals surface area contributed by atoms with Gasteiger partial charge in [-0.15, -0.1) is 0 Å². The highest BCUT2D eigenvalue weighted by atomic mass is 14.5. The van der Waals surface area contributed by atoms with Crippen molar-refractivity contribution < 1.29 is 0 Å². The van der Waals surface area contributed by atoms with Gasteiger partial charge in [-0.3, -0.25) is 0 Å². The van der Waals surface area contributed by atoms with Gasteiger partial charge < -0.3 is 0 Å². The second-order valence-electron chi connectivity index (χ2n) is 8.66. The molecule has 0 heteroatoms. The van der Waals surface area contributed by atoms with Crippen molar-refractivity contribution in [3.63, 3.8) is 0 Å². The highest BCUT2D eigenvalue weighted by Gasteiger charge is 2.50. The molecule has 0 heterocycles. The predicted molar refractivity (Wildman–Crippen MR) is 96.2 cm³/mol. The van der Waals surface area contributed by atoms with Gasteiger partial charge in [-0.25, -0.2) is 0 Å². The largest absolute Gasteiger partial charge is 0.0622 e. The molecule has 2 aromatic carbocycles. The van der Waals surface area contributed by atoms with Gasteiger partial charge in [0.1, 0.15) is 0 Å². The van der Waals surface area contributed by atoms with E-state index in [-0.39, 0.29) is 0 Å². The van der Waals surface area contributed by atoms with Crippen molar-refractivity contribution in [1.82, 2.24) is 0 Å². The fraction of sp³-hybridized carbons (Fsp3) is 0.478. The normalized spacial score (nSPS) is 34.7. The Balaban J connectivity index is 1.37. The molecule has 0 amide bonds. The first kappa shape index (κ1) is 13.8. The van der Waals surface area contributed by atoms with Crippen LogP contribution in [0.2, 0.25) is 0 Å². The van der Waals surface area contributed by atoms with Crippen LogP contribution in [-0.2, 0) is 6.42 Å². The molecular weight excluding hydrogens is 276 g/mol. The maximum absolute atomic E-state index is 2.39. The van der Waals surface area contributed by atoms with Crippen LogP contribution in [0.25, 0.3) is 11.1 Å². The molecule has 0 unspecified atom stereocenters. The molecule has 4 aliphatic carbocycles. The average molecular weight is 302 g/mol. The summed E-state index contributed by atoms with van der Waals surface area (Å²) < 4.78 is 0. The van der Waals surface area contributed by atoms with E-state index in [2.05, 4.69) is 54.6 Å². The van der Waals surface area contributed by atoms with E-state index < -0.39 is 0 Å². The Morgan fingerprint density at radius 2 is 1.17 bits per heavy atom. The van der Waals surface area contributed by atoms with E-state index in [1.807, 2.05) is 0 Å². The Hall–Kier alpha value is -1.56. The van der Waals surface area contributed by atoms with Crippen LogP contribution < -0.4 is 0 Å². The van der Waals surface area contributed by atoms with Crippen LogP contribution in [0.1, 0.15) is 44.1 Å². The summed E-state index contributed by atoms with van der Waals surface area (Å²) in [5, 5.41) is 0. The van der Waals surface area contributed by atoms with Gasteiger partial charge in [-0.1, -0.05) is 54.6 Å². The summed E-state index contributed by atoms with van der Waals surface area (Å²) in [7, 11) is 0. The molecule has 4 fully saturated rings. The van der Waals surface area contributed by atoms with Crippen LogP contribution in [0, 0.1) is 23.2 Å².